The number of carbonyl (C=O) groups is 1. The van der Waals surface area contributed by atoms with Crippen LogP contribution in [0.5, 0.6) is 0 Å². The Morgan fingerprint density at radius 1 is 1.13 bits per heavy atom. The number of rotatable bonds is 8. The number of furan rings is 1. The molecule has 1 amide bonds. The highest BCUT2D eigenvalue weighted by Crippen LogP contribution is 2.25. The lowest BCUT2D eigenvalue weighted by Gasteiger charge is -2.36. The van der Waals surface area contributed by atoms with Crippen molar-refractivity contribution in [1.29, 1.82) is 0 Å². The van der Waals surface area contributed by atoms with Gasteiger partial charge in [0.1, 0.15) is 0 Å². The maximum Gasteiger partial charge on any atom is 0.287 e. The third-order valence-electron chi connectivity index (χ3n) is 6.39. The van der Waals surface area contributed by atoms with Crippen LogP contribution in [0.3, 0.4) is 0 Å². The van der Waals surface area contributed by atoms with Crippen LogP contribution in [-0.4, -0.2) is 62.6 Å². The molecule has 176 valence electrons. The van der Waals surface area contributed by atoms with Crippen LogP contribution in [0.4, 0.5) is 0 Å². The molecule has 1 aromatic heterocycles. The minimum absolute atomic E-state index is 0. The minimum Gasteiger partial charge on any atom is -0.459 e. The molecule has 8 heteroatoms. The molecular formula is C23H40IN5O2. The molecule has 7 nitrogen and oxygen atoms in total. The van der Waals surface area contributed by atoms with Gasteiger partial charge < -0.3 is 25.3 Å². The Kier molecular flexibility index (Phi) is 11.7. The summed E-state index contributed by atoms with van der Waals surface area (Å²) in [7, 11) is 1.81. The summed E-state index contributed by atoms with van der Waals surface area (Å²) in [6.07, 6.45) is 11.9. The number of nitrogens with one attached hydrogen (secondary N) is 3. The monoisotopic (exact) mass is 545 g/mol. The second-order valence-electron chi connectivity index (χ2n) is 8.76. The number of hydrogen-bond acceptors (Lipinski definition) is 4. The van der Waals surface area contributed by atoms with E-state index >= 15 is 0 Å². The van der Waals surface area contributed by atoms with Gasteiger partial charge in [0.05, 0.1) is 6.26 Å². The highest BCUT2D eigenvalue weighted by atomic mass is 127. The second kappa shape index (κ2) is 14.0. The molecule has 31 heavy (non-hydrogen) atoms. The summed E-state index contributed by atoms with van der Waals surface area (Å²) in [4.78, 5) is 19.0. The first-order valence-electron chi connectivity index (χ1n) is 11.7. The number of likely N-dealkylation sites (tertiary alicyclic amines) is 1. The summed E-state index contributed by atoms with van der Waals surface area (Å²) >= 11 is 0. The molecule has 0 bridgehead atoms. The highest BCUT2D eigenvalue weighted by molar-refractivity contribution is 14.0. The Hall–Kier alpha value is -1.29. The van der Waals surface area contributed by atoms with E-state index in [0.717, 1.165) is 30.4 Å². The Bertz CT molecular complexity index is 679. The number of aliphatic imine (C=N–C) groups is 1. The number of halogens is 1. The maximum atomic E-state index is 12.0. The van der Waals surface area contributed by atoms with Gasteiger partial charge in [-0.05, 0) is 51.0 Å². The number of guanidine groups is 1. The van der Waals surface area contributed by atoms with Gasteiger partial charge in [-0.2, -0.15) is 0 Å². The molecule has 1 saturated heterocycles. The Balaban J connectivity index is 0.00000341. The quantitative estimate of drug-likeness (QED) is 0.202. The van der Waals surface area contributed by atoms with E-state index in [1.807, 2.05) is 14.0 Å². The number of amides is 1. The van der Waals surface area contributed by atoms with Gasteiger partial charge >= 0.3 is 0 Å². The molecule has 2 heterocycles. The van der Waals surface area contributed by atoms with E-state index in [-0.39, 0.29) is 29.9 Å². The summed E-state index contributed by atoms with van der Waals surface area (Å²) in [5.41, 5.74) is 0.861. The van der Waals surface area contributed by atoms with Gasteiger partial charge in [-0.1, -0.05) is 19.3 Å². The first-order valence-corrected chi connectivity index (χ1v) is 11.7. The van der Waals surface area contributed by atoms with Gasteiger partial charge in [-0.3, -0.25) is 9.79 Å². The lowest BCUT2D eigenvalue weighted by molar-refractivity contribution is 0.0925. The van der Waals surface area contributed by atoms with Crippen molar-refractivity contribution in [3.8, 4) is 0 Å². The van der Waals surface area contributed by atoms with Gasteiger partial charge in [-0.15, -0.1) is 24.0 Å². The van der Waals surface area contributed by atoms with E-state index in [4.69, 9.17) is 4.42 Å². The molecule has 1 saturated carbocycles. The summed E-state index contributed by atoms with van der Waals surface area (Å²) in [5.74, 6) is 2.03. The number of carbonyl (C=O) groups excluding carboxylic acids is 1. The third kappa shape index (κ3) is 8.63. The van der Waals surface area contributed by atoms with E-state index in [1.54, 1.807) is 12.3 Å². The standard InChI is InChI=1S/C23H39N5O2.HI/c1-18-11-16-30-21(18)22(29)25-12-6-13-26-23(24-2)27-20-9-14-28(15-10-20)17-19-7-4-3-5-8-19;/h11,16,19-20H,3-10,12-15,17H2,1-2H3,(H,25,29)(H2,24,26,27);1H. The average molecular weight is 546 g/mol. The van der Waals surface area contributed by atoms with Crippen molar-refractivity contribution in [3.05, 3.63) is 23.7 Å². The van der Waals surface area contributed by atoms with Crippen LogP contribution < -0.4 is 16.0 Å². The van der Waals surface area contributed by atoms with Gasteiger partial charge in [0.2, 0.25) is 0 Å². The van der Waals surface area contributed by atoms with E-state index in [2.05, 4.69) is 25.8 Å². The lowest BCUT2D eigenvalue weighted by Crippen LogP contribution is -2.49. The van der Waals surface area contributed by atoms with Crippen LogP contribution in [0, 0.1) is 12.8 Å². The fourth-order valence-corrected chi connectivity index (χ4v) is 4.57. The largest absolute Gasteiger partial charge is 0.459 e. The fraction of sp³-hybridized carbons (Fsp3) is 0.739. The van der Waals surface area contributed by atoms with E-state index in [0.29, 0.717) is 18.3 Å². The average Bonchev–Trinajstić information content (AvgIpc) is 3.20. The molecule has 3 rings (SSSR count). The van der Waals surface area contributed by atoms with Crippen LogP contribution in [0.1, 0.15) is 67.5 Å². The van der Waals surface area contributed by atoms with Gasteiger partial charge in [0, 0.05) is 51.4 Å². The molecule has 1 aliphatic heterocycles. The van der Waals surface area contributed by atoms with Crippen LogP contribution in [0.25, 0.3) is 0 Å². The zero-order valence-electron chi connectivity index (χ0n) is 19.1. The topological polar surface area (TPSA) is 81.9 Å². The minimum atomic E-state index is -0.153. The van der Waals surface area contributed by atoms with Crippen LogP contribution in [-0.2, 0) is 0 Å². The van der Waals surface area contributed by atoms with Crippen molar-refractivity contribution in [2.45, 2.75) is 64.3 Å². The van der Waals surface area contributed by atoms with Crippen molar-refractivity contribution < 1.29 is 9.21 Å². The molecule has 0 spiro atoms. The Morgan fingerprint density at radius 2 is 1.84 bits per heavy atom. The summed E-state index contributed by atoms with van der Waals surface area (Å²) in [5, 5.41) is 9.83. The van der Waals surface area contributed by atoms with Crippen LogP contribution >= 0.6 is 24.0 Å². The number of piperidine rings is 1. The molecule has 0 unspecified atom stereocenters. The van der Waals surface area contributed by atoms with Gasteiger partial charge in [-0.25, -0.2) is 0 Å². The van der Waals surface area contributed by atoms with Crippen molar-refractivity contribution in [2.75, 3.05) is 39.8 Å². The van der Waals surface area contributed by atoms with Crippen molar-refractivity contribution in [2.24, 2.45) is 10.9 Å². The predicted octanol–water partition coefficient (Wildman–Crippen LogP) is 3.54. The van der Waals surface area contributed by atoms with Crippen molar-refractivity contribution in [3.63, 3.8) is 0 Å². The van der Waals surface area contributed by atoms with Gasteiger partial charge in [0.15, 0.2) is 11.7 Å². The van der Waals surface area contributed by atoms with Crippen molar-refractivity contribution >= 4 is 35.8 Å². The predicted molar refractivity (Wildman–Crippen MR) is 136 cm³/mol. The van der Waals surface area contributed by atoms with E-state index in [1.165, 1.54) is 64.6 Å². The molecule has 1 aromatic rings. The molecule has 3 N–H and O–H groups in total. The van der Waals surface area contributed by atoms with Crippen LogP contribution in [0.2, 0.25) is 0 Å². The fourth-order valence-electron chi connectivity index (χ4n) is 4.57. The molecule has 0 atom stereocenters. The number of hydrogen-bond donors (Lipinski definition) is 3. The van der Waals surface area contributed by atoms with E-state index < -0.39 is 0 Å². The lowest BCUT2D eigenvalue weighted by atomic mass is 9.88. The molecule has 0 aromatic carbocycles. The van der Waals surface area contributed by atoms with Crippen molar-refractivity contribution in [1.82, 2.24) is 20.9 Å². The molecule has 2 aliphatic rings. The third-order valence-corrected chi connectivity index (χ3v) is 6.39. The maximum absolute atomic E-state index is 12.0. The molecule has 2 fully saturated rings. The summed E-state index contributed by atoms with van der Waals surface area (Å²) < 4.78 is 5.21. The Labute approximate surface area is 204 Å². The van der Waals surface area contributed by atoms with Crippen LogP contribution in [0.15, 0.2) is 21.7 Å². The Morgan fingerprint density at radius 3 is 2.48 bits per heavy atom. The second-order valence-corrected chi connectivity index (χ2v) is 8.76. The number of nitrogens with zero attached hydrogens (tertiary/aromatic N) is 2. The number of aryl methyl sites for hydroxylation is 1. The molecular weight excluding hydrogens is 505 g/mol. The first kappa shape index (κ1) is 26.0. The smallest absolute Gasteiger partial charge is 0.287 e. The molecule has 0 radical (unpaired) electrons. The summed E-state index contributed by atoms with van der Waals surface area (Å²) in [6, 6.07) is 2.28. The van der Waals surface area contributed by atoms with Gasteiger partial charge in [0.25, 0.3) is 5.91 Å². The zero-order chi connectivity index (χ0) is 21.2. The highest BCUT2D eigenvalue weighted by Gasteiger charge is 2.23. The zero-order valence-corrected chi connectivity index (χ0v) is 21.5. The summed E-state index contributed by atoms with van der Waals surface area (Å²) in [6.45, 7) is 6.89. The SMILES string of the molecule is CN=C(NCCCNC(=O)c1occc1C)NC1CCN(CC2CCCCC2)CC1.I. The molecule has 1 aliphatic carbocycles. The first-order chi connectivity index (χ1) is 14.7. The normalized spacial score (nSPS) is 19.0. The van der Waals surface area contributed by atoms with E-state index in [9.17, 15) is 4.79 Å².